The molecule has 7 nitrogen and oxygen atoms in total. The van der Waals surface area contributed by atoms with Crippen LogP contribution in [0.5, 0.6) is 0 Å². The predicted octanol–water partition coefficient (Wildman–Crippen LogP) is 2.53. The molecule has 0 aliphatic carbocycles. The van der Waals surface area contributed by atoms with Crippen molar-refractivity contribution in [3.05, 3.63) is 52.1 Å². The van der Waals surface area contributed by atoms with Crippen LogP contribution in [0.25, 0.3) is 0 Å². The van der Waals surface area contributed by atoms with Crippen LogP contribution in [0.3, 0.4) is 0 Å². The highest BCUT2D eigenvalue weighted by Crippen LogP contribution is 2.26. The van der Waals surface area contributed by atoms with E-state index in [1.807, 2.05) is 19.1 Å². The lowest BCUT2D eigenvalue weighted by Gasteiger charge is -2.08. The summed E-state index contributed by atoms with van der Waals surface area (Å²) < 4.78 is 1.65. The van der Waals surface area contributed by atoms with Gasteiger partial charge in [-0.05, 0) is 18.1 Å². The lowest BCUT2D eigenvalue weighted by atomic mass is 10.1. The zero-order chi connectivity index (χ0) is 15.2. The van der Waals surface area contributed by atoms with Crippen LogP contribution in [0.4, 0.5) is 11.4 Å². The van der Waals surface area contributed by atoms with E-state index >= 15 is 0 Å². The molecule has 1 N–H and O–H groups in total. The minimum Gasteiger partial charge on any atom is -0.380 e. The monoisotopic (exact) mass is 285 g/mol. The number of aromatic nitrogens is 2. The van der Waals surface area contributed by atoms with Gasteiger partial charge in [-0.1, -0.05) is 13.0 Å². The zero-order valence-electron chi connectivity index (χ0n) is 11.6. The maximum absolute atomic E-state index is 11.2. The third kappa shape index (κ3) is 3.36. The van der Waals surface area contributed by atoms with Gasteiger partial charge in [0.25, 0.3) is 5.69 Å². The highest BCUT2D eigenvalue weighted by Gasteiger charge is 2.14. The number of nitrogens with one attached hydrogen (secondary N) is 1. The van der Waals surface area contributed by atoms with Crippen molar-refractivity contribution < 1.29 is 4.92 Å². The Morgan fingerprint density at radius 2 is 2.33 bits per heavy atom. The van der Waals surface area contributed by atoms with Crippen LogP contribution >= 0.6 is 0 Å². The molecule has 0 amide bonds. The number of anilines is 1. The van der Waals surface area contributed by atoms with E-state index in [2.05, 4.69) is 10.3 Å². The van der Waals surface area contributed by atoms with E-state index in [-0.39, 0.29) is 11.5 Å². The number of hydrogen-bond acceptors (Lipinski definition) is 5. The Labute approximate surface area is 122 Å². The van der Waals surface area contributed by atoms with Gasteiger partial charge >= 0.3 is 0 Å². The molecule has 108 valence electrons. The molecule has 0 fully saturated rings. The smallest absolute Gasteiger partial charge is 0.292 e. The number of nitro groups is 1. The highest BCUT2D eigenvalue weighted by molar-refractivity contribution is 5.62. The molecule has 0 unspecified atom stereocenters. The minimum atomic E-state index is -0.402. The normalized spacial score (nSPS) is 10.1. The Balaban J connectivity index is 2.28. The minimum absolute atomic E-state index is 0.0413. The quantitative estimate of drug-likeness (QED) is 0.649. The van der Waals surface area contributed by atoms with Gasteiger partial charge in [-0.25, -0.2) is 4.98 Å². The standard InChI is InChI=1S/C14H15N5O2/c1-2-5-16-12-4-3-11(8-13(12)19(20)21)10-18-7-6-17-14(18)9-15/h3-4,6-8,16H,2,5,10H2,1H3. The Morgan fingerprint density at radius 1 is 1.52 bits per heavy atom. The number of nitro benzene ring substituents is 1. The van der Waals surface area contributed by atoms with Gasteiger partial charge in [-0.15, -0.1) is 0 Å². The van der Waals surface area contributed by atoms with E-state index in [1.165, 1.54) is 12.3 Å². The van der Waals surface area contributed by atoms with Crippen molar-refractivity contribution in [2.75, 3.05) is 11.9 Å². The van der Waals surface area contributed by atoms with Crippen molar-refractivity contribution in [3.8, 4) is 6.07 Å². The molecule has 0 saturated heterocycles. The van der Waals surface area contributed by atoms with Gasteiger partial charge in [0, 0.05) is 31.5 Å². The molecule has 1 aromatic heterocycles. The molecule has 0 atom stereocenters. The van der Waals surface area contributed by atoms with Crippen LogP contribution < -0.4 is 5.32 Å². The van der Waals surface area contributed by atoms with Crippen molar-refractivity contribution in [2.45, 2.75) is 19.9 Å². The molecular weight excluding hydrogens is 270 g/mol. The lowest BCUT2D eigenvalue weighted by Crippen LogP contribution is -2.06. The molecular formula is C14H15N5O2. The molecule has 21 heavy (non-hydrogen) atoms. The molecule has 0 aliphatic rings. The molecule has 0 aliphatic heterocycles. The third-order valence-electron chi connectivity index (χ3n) is 2.99. The van der Waals surface area contributed by atoms with Gasteiger partial charge in [0.05, 0.1) is 4.92 Å². The van der Waals surface area contributed by atoms with Crippen molar-refractivity contribution in [2.24, 2.45) is 0 Å². The fourth-order valence-corrected chi connectivity index (χ4v) is 1.98. The Hall–Kier alpha value is -2.88. The van der Waals surface area contributed by atoms with E-state index in [4.69, 9.17) is 5.26 Å². The maximum Gasteiger partial charge on any atom is 0.292 e. The predicted molar refractivity (Wildman–Crippen MR) is 77.9 cm³/mol. The second-order valence-electron chi connectivity index (χ2n) is 4.53. The number of nitriles is 1. The number of hydrogen-bond donors (Lipinski definition) is 1. The van der Waals surface area contributed by atoms with Crippen LogP contribution in [0, 0.1) is 21.4 Å². The lowest BCUT2D eigenvalue weighted by molar-refractivity contribution is -0.384. The van der Waals surface area contributed by atoms with Gasteiger partial charge < -0.3 is 9.88 Å². The van der Waals surface area contributed by atoms with E-state index in [0.717, 1.165) is 12.0 Å². The Kier molecular flexibility index (Phi) is 4.51. The topological polar surface area (TPSA) is 96.8 Å². The van der Waals surface area contributed by atoms with Crippen LogP contribution in [0.1, 0.15) is 24.7 Å². The van der Waals surface area contributed by atoms with Crippen molar-refractivity contribution in [1.29, 1.82) is 5.26 Å². The highest BCUT2D eigenvalue weighted by atomic mass is 16.6. The van der Waals surface area contributed by atoms with Gasteiger partial charge in [0.1, 0.15) is 11.8 Å². The molecule has 7 heteroatoms. The van der Waals surface area contributed by atoms with Crippen molar-refractivity contribution in [3.63, 3.8) is 0 Å². The summed E-state index contributed by atoms with van der Waals surface area (Å²) >= 11 is 0. The first kappa shape index (κ1) is 14.5. The Bertz CT molecular complexity index is 687. The van der Waals surface area contributed by atoms with Gasteiger partial charge in [0.15, 0.2) is 0 Å². The van der Waals surface area contributed by atoms with Crippen LogP contribution in [-0.4, -0.2) is 21.0 Å². The molecule has 2 rings (SSSR count). The van der Waals surface area contributed by atoms with Crippen LogP contribution in [0.15, 0.2) is 30.6 Å². The number of imidazole rings is 1. The summed E-state index contributed by atoms with van der Waals surface area (Å²) in [6.07, 6.45) is 4.09. The molecule has 0 saturated carbocycles. The molecule has 0 spiro atoms. The van der Waals surface area contributed by atoms with E-state index in [9.17, 15) is 10.1 Å². The van der Waals surface area contributed by atoms with Gasteiger partial charge in [-0.2, -0.15) is 5.26 Å². The summed E-state index contributed by atoms with van der Waals surface area (Å²) in [5.74, 6) is 0.283. The van der Waals surface area contributed by atoms with Crippen molar-refractivity contribution >= 4 is 11.4 Å². The van der Waals surface area contributed by atoms with E-state index in [0.29, 0.717) is 18.8 Å². The van der Waals surface area contributed by atoms with Gasteiger partial charge in [0.2, 0.25) is 5.82 Å². The largest absolute Gasteiger partial charge is 0.380 e. The zero-order valence-corrected chi connectivity index (χ0v) is 11.6. The summed E-state index contributed by atoms with van der Waals surface area (Å²) in [5.41, 5.74) is 1.30. The average molecular weight is 285 g/mol. The molecule has 0 radical (unpaired) electrons. The second kappa shape index (κ2) is 6.52. The van der Waals surface area contributed by atoms with Crippen molar-refractivity contribution in [1.82, 2.24) is 9.55 Å². The summed E-state index contributed by atoms with van der Waals surface area (Å²) in [5, 5.41) is 23.1. The maximum atomic E-state index is 11.2. The fraction of sp³-hybridized carbons (Fsp3) is 0.286. The number of benzene rings is 1. The van der Waals surface area contributed by atoms with Crippen LogP contribution in [-0.2, 0) is 6.54 Å². The molecule has 0 bridgehead atoms. The summed E-state index contributed by atoms with van der Waals surface area (Å²) in [4.78, 5) is 14.7. The van der Waals surface area contributed by atoms with E-state index in [1.54, 1.807) is 16.8 Å². The molecule has 2 aromatic rings. The molecule has 1 aromatic carbocycles. The first-order valence-corrected chi connectivity index (χ1v) is 6.58. The number of nitrogens with zero attached hydrogens (tertiary/aromatic N) is 4. The SMILES string of the molecule is CCCNc1ccc(Cn2ccnc2C#N)cc1[N+](=O)[O-]. The fourth-order valence-electron chi connectivity index (χ4n) is 1.98. The summed E-state index contributed by atoms with van der Waals surface area (Å²) in [6.45, 7) is 3.05. The van der Waals surface area contributed by atoms with Gasteiger partial charge in [-0.3, -0.25) is 10.1 Å². The molecule has 1 heterocycles. The average Bonchev–Trinajstić information content (AvgIpc) is 2.92. The first-order valence-electron chi connectivity index (χ1n) is 6.58. The first-order chi connectivity index (χ1) is 10.2. The van der Waals surface area contributed by atoms with E-state index < -0.39 is 4.92 Å². The second-order valence-corrected chi connectivity index (χ2v) is 4.53. The van der Waals surface area contributed by atoms with Crippen LogP contribution in [0.2, 0.25) is 0 Å². The number of rotatable bonds is 6. The third-order valence-corrected chi connectivity index (χ3v) is 2.99. The summed E-state index contributed by atoms with van der Waals surface area (Å²) in [6, 6.07) is 7.02. The Morgan fingerprint density at radius 3 is 3.00 bits per heavy atom. The summed E-state index contributed by atoms with van der Waals surface area (Å²) in [7, 11) is 0.